The maximum absolute atomic E-state index is 6.06. The minimum Gasteiger partial charge on any atom is -0.457 e. The summed E-state index contributed by atoms with van der Waals surface area (Å²) in [4.78, 5) is 4.45. The topological polar surface area (TPSA) is 53.1 Å². The van der Waals surface area contributed by atoms with Gasteiger partial charge in [0.25, 0.3) is 0 Å². The van der Waals surface area contributed by atoms with E-state index in [1.54, 1.807) is 6.20 Å². The van der Waals surface area contributed by atoms with Crippen LogP contribution in [0.3, 0.4) is 0 Å². The van der Waals surface area contributed by atoms with Crippen LogP contribution < -0.4 is 10.5 Å². The third kappa shape index (κ3) is 1.97. The van der Waals surface area contributed by atoms with Crippen molar-refractivity contribution in [2.75, 3.05) is 5.73 Å². The highest BCUT2D eigenvalue weighted by molar-refractivity contribution is 6.08. The second-order valence-corrected chi connectivity index (χ2v) is 5.30. The molecule has 4 nitrogen and oxygen atoms in total. The lowest BCUT2D eigenvalue weighted by Gasteiger charge is -2.10. The van der Waals surface area contributed by atoms with E-state index in [0.717, 1.165) is 39.0 Å². The molecule has 0 saturated carbocycles. The molecular weight excluding hydrogens is 274 g/mol. The van der Waals surface area contributed by atoms with Gasteiger partial charge in [-0.05, 0) is 48.5 Å². The van der Waals surface area contributed by atoms with Crippen LogP contribution in [0.4, 0.5) is 5.69 Å². The standard InChI is InChI=1S/C18H15N3O/c1-21-11-9-14-16(21)7-6-15-18(14)17(8-10-20-15)22-13-4-2-12(19)3-5-13/h2-11H,19H2,1H3. The van der Waals surface area contributed by atoms with Gasteiger partial charge in [0.15, 0.2) is 0 Å². The summed E-state index contributed by atoms with van der Waals surface area (Å²) >= 11 is 0. The summed E-state index contributed by atoms with van der Waals surface area (Å²) in [5, 5.41) is 2.16. The molecule has 0 fully saturated rings. The minimum absolute atomic E-state index is 0.720. The molecule has 0 radical (unpaired) electrons. The highest BCUT2D eigenvalue weighted by Crippen LogP contribution is 2.34. The number of hydrogen-bond donors (Lipinski definition) is 1. The minimum atomic E-state index is 0.720. The monoisotopic (exact) mass is 289 g/mol. The third-order valence-corrected chi connectivity index (χ3v) is 3.84. The predicted molar refractivity (Wildman–Crippen MR) is 89.1 cm³/mol. The number of nitrogen functional groups attached to an aromatic ring is 1. The number of hydrogen-bond acceptors (Lipinski definition) is 3. The molecule has 22 heavy (non-hydrogen) atoms. The number of anilines is 1. The summed E-state index contributed by atoms with van der Waals surface area (Å²) < 4.78 is 8.15. The molecule has 0 atom stereocenters. The Bertz CT molecular complexity index is 971. The van der Waals surface area contributed by atoms with Gasteiger partial charge in [-0.15, -0.1) is 0 Å². The molecule has 0 bridgehead atoms. The van der Waals surface area contributed by atoms with E-state index in [2.05, 4.69) is 21.7 Å². The van der Waals surface area contributed by atoms with Gasteiger partial charge in [0.05, 0.1) is 10.9 Å². The first kappa shape index (κ1) is 12.7. The Hall–Kier alpha value is -3.01. The Morgan fingerprint density at radius 3 is 2.64 bits per heavy atom. The van der Waals surface area contributed by atoms with Crippen molar-refractivity contribution in [1.82, 2.24) is 9.55 Å². The van der Waals surface area contributed by atoms with E-state index in [4.69, 9.17) is 10.5 Å². The molecule has 0 spiro atoms. The molecule has 0 aliphatic heterocycles. The molecule has 0 aliphatic rings. The number of nitrogens with two attached hydrogens (primary N) is 1. The number of ether oxygens (including phenoxy) is 1. The highest BCUT2D eigenvalue weighted by Gasteiger charge is 2.10. The molecule has 108 valence electrons. The molecule has 4 aromatic rings. The van der Waals surface area contributed by atoms with E-state index in [0.29, 0.717) is 0 Å². The van der Waals surface area contributed by atoms with Gasteiger partial charge in [0.2, 0.25) is 0 Å². The average Bonchev–Trinajstić information content (AvgIpc) is 2.91. The van der Waals surface area contributed by atoms with Crippen molar-refractivity contribution in [2.24, 2.45) is 7.05 Å². The zero-order valence-electron chi connectivity index (χ0n) is 12.2. The number of pyridine rings is 1. The van der Waals surface area contributed by atoms with Crippen LogP contribution in [-0.4, -0.2) is 9.55 Å². The van der Waals surface area contributed by atoms with Crippen molar-refractivity contribution in [3.8, 4) is 11.5 Å². The number of fused-ring (bicyclic) bond motifs is 3. The number of aromatic nitrogens is 2. The maximum Gasteiger partial charge on any atom is 0.139 e. The zero-order chi connectivity index (χ0) is 15.1. The first-order chi connectivity index (χ1) is 10.7. The fourth-order valence-electron chi connectivity index (χ4n) is 2.72. The summed E-state index contributed by atoms with van der Waals surface area (Å²) in [6.07, 6.45) is 3.81. The van der Waals surface area contributed by atoms with Gasteiger partial charge in [0, 0.05) is 36.0 Å². The van der Waals surface area contributed by atoms with Gasteiger partial charge in [-0.3, -0.25) is 4.98 Å². The fourth-order valence-corrected chi connectivity index (χ4v) is 2.72. The summed E-state index contributed by atoms with van der Waals surface area (Å²) in [7, 11) is 2.03. The molecule has 0 unspecified atom stereocenters. The summed E-state index contributed by atoms with van der Waals surface area (Å²) in [6, 6.07) is 15.5. The van der Waals surface area contributed by atoms with Crippen LogP contribution in [-0.2, 0) is 7.05 Å². The van der Waals surface area contributed by atoms with Crippen molar-refractivity contribution in [2.45, 2.75) is 0 Å². The van der Waals surface area contributed by atoms with Gasteiger partial charge >= 0.3 is 0 Å². The molecule has 0 saturated heterocycles. The van der Waals surface area contributed by atoms with Crippen LogP contribution in [0.15, 0.2) is 60.9 Å². The molecular formula is C18H15N3O. The highest BCUT2D eigenvalue weighted by atomic mass is 16.5. The van der Waals surface area contributed by atoms with Crippen LogP contribution in [0, 0.1) is 0 Å². The Labute approximate surface area is 127 Å². The Kier molecular flexibility index (Phi) is 2.76. The van der Waals surface area contributed by atoms with Crippen molar-refractivity contribution in [3.63, 3.8) is 0 Å². The summed E-state index contributed by atoms with van der Waals surface area (Å²) in [5.41, 5.74) is 8.52. The molecule has 2 aromatic carbocycles. The van der Waals surface area contributed by atoms with Crippen molar-refractivity contribution < 1.29 is 4.74 Å². The summed E-state index contributed by atoms with van der Waals surface area (Å²) in [5.74, 6) is 1.56. The molecule has 4 rings (SSSR count). The molecule has 0 amide bonds. The van der Waals surface area contributed by atoms with E-state index in [1.165, 1.54) is 0 Å². The van der Waals surface area contributed by atoms with Crippen molar-refractivity contribution in [1.29, 1.82) is 0 Å². The number of nitrogens with zero attached hydrogens (tertiary/aromatic N) is 2. The quantitative estimate of drug-likeness (QED) is 0.565. The largest absolute Gasteiger partial charge is 0.457 e. The lowest BCUT2D eigenvalue weighted by molar-refractivity contribution is 0.488. The van der Waals surface area contributed by atoms with Gasteiger partial charge in [-0.2, -0.15) is 0 Å². The van der Waals surface area contributed by atoms with Crippen LogP contribution >= 0.6 is 0 Å². The normalized spacial score (nSPS) is 11.1. The summed E-state index contributed by atoms with van der Waals surface area (Å²) in [6.45, 7) is 0. The Morgan fingerprint density at radius 1 is 1.00 bits per heavy atom. The van der Waals surface area contributed by atoms with Gasteiger partial charge in [0.1, 0.15) is 11.5 Å². The van der Waals surface area contributed by atoms with Crippen molar-refractivity contribution in [3.05, 3.63) is 60.9 Å². The zero-order valence-corrected chi connectivity index (χ0v) is 12.2. The van der Waals surface area contributed by atoms with E-state index < -0.39 is 0 Å². The second-order valence-electron chi connectivity index (χ2n) is 5.30. The Morgan fingerprint density at radius 2 is 1.82 bits per heavy atom. The van der Waals surface area contributed by atoms with Crippen LogP contribution in [0.2, 0.25) is 0 Å². The second kappa shape index (κ2) is 4.77. The molecule has 4 heteroatoms. The van der Waals surface area contributed by atoms with Crippen LogP contribution in [0.5, 0.6) is 11.5 Å². The van der Waals surface area contributed by atoms with Gasteiger partial charge < -0.3 is 15.0 Å². The Balaban J connectivity index is 1.93. The van der Waals surface area contributed by atoms with Crippen LogP contribution in [0.1, 0.15) is 0 Å². The SMILES string of the molecule is Cn1ccc2c3c(Oc4ccc(N)cc4)ccnc3ccc21. The van der Waals surface area contributed by atoms with E-state index in [-0.39, 0.29) is 0 Å². The first-order valence-electron chi connectivity index (χ1n) is 7.08. The lowest BCUT2D eigenvalue weighted by atomic mass is 10.1. The fraction of sp³-hybridized carbons (Fsp3) is 0.0556. The molecule has 2 aromatic heterocycles. The van der Waals surface area contributed by atoms with E-state index in [9.17, 15) is 0 Å². The molecule has 0 aliphatic carbocycles. The first-order valence-corrected chi connectivity index (χ1v) is 7.08. The molecule has 2 N–H and O–H groups in total. The van der Waals surface area contributed by atoms with Gasteiger partial charge in [-0.25, -0.2) is 0 Å². The third-order valence-electron chi connectivity index (χ3n) is 3.84. The predicted octanol–water partition coefficient (Wildman–Crippen LogP) is 4.10. The van der Waals surface area contributed by atoms with E-state index >= 15 is 0 Å². The van der Waals surface area contributed by atoms with Gasteiger partial charge in [-0.1, -0.05) is 0 Å². The van der Waals surface area contributed by atoms with Crippen LogP contribution in [0.25, 0.3) is 21.8 Å². The molecule has 2 heterocycles. The smallest absolute Gasteiger partial charge is 0.139 e. The lowest BCUT2D eigenvalue weighted by Crippen LogP contribution is -1.90. The van der Waals surface area contributed by atoms with Crippen molar-refractivity contribution >= 4 is 27.5 Å². The maximum atomic E-state index is 6.06. The average molecular weight is 289 g/mol. The number of rotatable bonds is 2. The number of aryl methyl sites for hydroxylation is 1. The van der Waals surface area contributed by atoms with E-state index in [1.807, 2.05) is 49.6 Å². The number of benzene rings is 2.